The highest BCUT2D eigenvalue weighted by Gasteiger charge is 2.12. The third-order valence-electron chi connectivity index (χ3n) is 2.35. The summed E-state index contributed by atoms with van der Waals surface area (Å²) in [5.74, 6) is -1.31. The summed E-state index contributed by atoms with van der Waals surface area (Å²) >= 11 is 0.960. The van der Waals surface area contributed by atoms with Gasteiger partial charge in [0.2, 0.25) is 0 Å². The van der Waals surface area contributed by atoms with Crippen molar-refractivity contribution in [1.82, 2.24) is 0 Å². The molecule has 0 aliphatic carbocycles. The number of aryl methyl sites for hydroxylation is 1. The van der Waals surface area contributed by atoms with E-state index in [0.29, 0.717) is 10.6 Å². The molecule has 92 valence electrons. The van der Waals surface area contributed by atoms with Gasteiger partial charge in [-0.2, -0.15) is 0 Å². The number of carbonyl (C=O) groups excluding carboxylic acids is 1. The smallest absolute Gasteiger partial charge is 0.345 e. The lowest BCUT2D eigenvalue weighted by Gasteiger charge is -2.03. The Kier molecular flexibility index (Phi) is 3.43. The predicted octanol–water partition coefficient (Wildman–Crippen LogP) is 3.01. The van der Waals surface area contributed by atoms with Crippen LogP contribution in [0.5, 0.6) is 0 Å². The number of benzene rings is 1. The average Bonchev–Trinajstić information content (AvgIpc) is 2.81. The van der Waals surface area contributed by atoms with Gasteiger partial charge in [-0.15, -0.1) is 11.3 Å². The number of amides is 1. The molecule has 0 spiro atoms. The number of anilines is 1. The van der Waals surface area contributed by atoms with Crippen LogP contribution in [0, 0.1) is 6.92 Å². The second-order valence-electron chi connectivity index (χ2n) is 3.79. The molecular weight excluding hydrogens is 250 g/mol. The Balaban J connectivity index is 2.11. The van der Waals surface area contributed by atoms with E-state index in [0.717, 1.165) is 16.9 Å². The zero-order valence-electron chi connectivity index (χ0n) is 9.64. The van der Waals surface area contributed by atoms with Crippen molar-refractivity contribution in [2.24, 2.45) is 0 Å². The van der Waals surface area contributed by atoms with E-state index in [1.54, 1.807) is 12.1 Å². The molecule has 0 saturated carbocycles. The largest absolute Gasteiger partial charge is 0.477 e. The van der Waals surface area contributed by atoms with Crippen molar-refractivity contribution in [2.45, 2.75) is 6.92 Å². The number of thiophene rings is 1. The molecule has 2 rings (SSSR count). The van der Waals surface area contributed by atoms with Gasteiger partial charge in [-0.05, 0) is 31.2 Å². The number of nitrogens with one attached hydrogen (secondary N) is 1. The molecule has 1 aromatic heterocycles. The Morgan fingerprint density at radius 1 is 1.06 bits per heavy atom. The van der Waals surface area contributed by atoms with Crippen LogP contribution in [0.2, 0.25) is 0 Å². The van der Waals surface area contributed by atoms with Gasteiger partial charge in [-0.1, -0.05) is 17.7 Å². The summed E-state index contributed by atoms with van der Waals surface area (Å²) in [5, 5.41) is 11.5. The van der Waals surface area contributed by atoms with E-state index in [-0.39, 0.29) is 10.8 Å². The highest BCUT2D eigenvalue weighted by atomic mass is 32.1. The zero-order chi connectivity index (χ0) is 13.1. The maximum Gasteiger partial charge on any atom is 0.345 e. The molecule has 0 aliphatic heterocycles. The van der Waals surface area contributed by atoms with E-state index in [4.69, 9.17) is 5.11 Å². The van der Waals surface area contributed by atoms with Crippen LogP contribution in [-0.2, 0) is 0 Å². The standard InChI is InChI=1S/C13H11NO3S/c1-8-2-4-9(5-3-8)14-12(15)10-6-7-11(18-10)13(16)17/h2-7H,1H3,(H,14,15)(H,16,17). The van der Waals surface area contributed by atoms with Crippen molar-refractivity contribution in [3.05, 3.63) is 51.7 Å². The topological polar surface area (TPSA) is 66.4 Å². The number of carboxylic acids is 1. The Morgan fingerprint density at radius 3 is 2.22 bits per heavy atom. The van der Waals surface area contributed by atoms with E-state index in [9.17, 15) is 9.59 Å². The number of rotatable bonds is 3. The first kappa shape index (κ1) is 12.3. The van der Waals surface area contributed by atoms with Crippen LogP contribution < -0.4 is 5.32 Å². The van der Waals surface area contributed by atoms with E-state index in [1.807, 2.05) is 19.1 Å². The first-order chi connectivity index (χ1) is 8.56. The Labute approximate surface area is 108 Å². The van der Waals surface area contributed by atoms with Gasteiger partial charge in [0, 0.05) is 5.69 Å². The zero-order valence-corrected chi connectivity index (χ0v) is 10.5. The fraction of sp³-hybridized carbons (Fsp3) is 0.0769. The van der Waals surface area contributed by atoms with E-state index >= 15 is 0 Å². The van der Waals surface area contributed by atoms with Crippen LogP contribution in [-0.4, -0.2) is 17.0 Å². The molecule has 2 N–H and O–H groups in total. The van der Waals surface area contributed by atoms with Crippen molar-refractivity contribution in [1.29, 1.82) is 0 Å². The highest BCUT2D eigenvalue weighted by Crippen LogP contribution is 2.18. The maximum absolute atomic E-state index is 11.8. The summed E-state index contributed by atoms with van der Waals surface area (Å²) in [6, 6.07) is 10.3. The number of hydrogen-bond acceptors (Lipinski definition) is 3. The van der Waals surface area contributed by atoms with Crippen LogP contribution in [0.15, 0.2) is 36.4 Å². The van der Waals surface area contributed by atoms with Gasteiger partial charge < -0.3 is 10.4 Å². The lowest BCUT2D eigenvalue weighted by atomic mass is 10.2. The van der Waals surface area contributed by atoms with Crippen LogP contribution in [0.25, 0.3) is 0 Å². The van der Waals surface area contributed by atoms with Crippen LogP contribution in [0.4, 0.5) is 5.69 Å². The summed E-state index contributed by atoms with van der Waals surface area (Å²) in [7, 11) is 0. The van der Waals surface area contributed by atoms with Gasteiger partial charge in [0.15, 0.2) is 0 Å². The summed E-state index contributed by atoms with van der Waals surface area (Å²) in [6.45, 7) is 1.96. The summed E-state index contributed by atoms with van der Waals surface area (Å²) < 4.78 is 0. The third-order valence-corrected chi connectivity index (χ3v) is 3.42. The average molecular weight is 261 g/mol. The minimum atomic E-state index is -1.02. The molecule has 1 aromatic carbocycles. The predicted molar refractivity (Wildman–Crippen MR) is 70.4 cm³/mol. The van der Waals surface area contributed by atoms with Gasteiger partial charge in [0.25, 0.3) is 5.91 Å². The summed E-state index contributed by atoms with van der Waals surface area (Å²) in [5.41, 5.74) is 1.80. The molecule has 0 fully saturated rings. The molecule has 1 amide bonds. The highest BCUT2D eigenvalue weighted by molar-refractivity contribution is 7.15. The molecular formula is C13H11NO3S. The van der Waals surface area contributed by atoms with E-state index < -0.39 is 5.97 Å². The minimum Gasteiger partial charge on any atom is -0.477 e. The van der Waals surface area contributed by atoms with Crippen LogP contribution in [0.1, 0.15) is 24.9 Å². The Hall–Kier alpha value is -2.14. The van der Waals surface area contributed by atoms with Crippen molar-refractivity contribution < 1.29 is 14.7 Å². The van der Waals surface area contributed by atoms with Crippen molar-refractivity contribution in [3.8, 4) is 0 Å². The van der Waals surface area contributed by atoms with Gasteiger partial charge in [-0.3, -0.25) is 4.79 Å². The molecule has 0 bridgehead atoms. The van der Waals surface area contributed by atoms with Gasteiger partial charge in [0.1, 0.15) is 4.88 Å². The SMILES string of the molecule is Cc1ccc(NC(=O)c2ccc(C(=O)O)s2)cc1. The van der Waals surface area contributed by atoms with Gasteiger partial charge >= 0.3 is 5.97 Å². The van der Waals surface area contributed by atoms with Gasteiger partial charge in [-0.25, -0.2) is 4.79 Å². The van der Waals surface area contributed by atoms with E-state index in [1.165, 1.54) is 12.1 Å². The first-order valence-electron chi connectivity index (χ1n) is 5.27. The maximum atomic E-state index is 11.8. The van der Waals surface area contributed by atoms with Crippen molar-refractivity contribution >= 4 is 28.9 Å². The summed E-state index contributed by atoms with van der Waals surface area (Å²) in [4.78, 5) is 23.1. The quantitative estimate of drug-likeness (QED) is 0.892. The summed E-state index contributed by atoms with van der Waals surface area (Å²) in [6.07, 6.45) is 0. The van der Waals surface area contributed by atoms with E-state index in [2.05, 4.69) is 5.32 Å². The molecule has 4 nitrogen and oxygen atoms in total. The molecule has 0 atom stereocenters. The number of carboxylic acid groups (broad SMARTS) is 1. The fourth-order valence-electron chi connectivity index (χ4n) is 1.40. The number of hydrogen-bond donors (Lipinski definition) is 2. The van der Waals surface area contributed by atoms with Crippen molar-refractivity contribution in [3.63, 3.8) is 0 Å². The van der Waals surface area contributed by atoms with Crippen LogP contribution >= 0.6 is 11.3 Å². The monoisotopic (exact) mass is 261 g/mol. The molecule has 5 heteroatoms. The lowest BCUT2D eigenvalue weighted by Crippen LogP contribution is -2.09. The van der Waals surface area contributed by atoms with Gasteiger partial charge in [0.05, 0.1) is 4.88 Å². The Bertz CT molecular complexity index is 587. The van der Waals surface area contributed by atoms with Crippen LogP contribution in [0.3, 0.4) is 0 Å². The third kappa shape index (κ3) is 2.75. The van der Waals surface area contributed by atoms with Crippen molar-refractivity contribution in [2.75, 3.05) is 5.32 Å². The minimum absolute atomic E-state index is 0.157. The number of carbonyl (C=O) groups is 2. The molecule has 18 heavy (non-hydrogen) atoms. The molecule has 0 unspecified atom stereocenters. The second kappa shape index (κ2) is 5.01. The fourth-order valence-corrected chi connectivity index (χ4v) is 2.14. The molecule has 0 aliphatic rings. The molecule has 0 saturated heterocycles. The first-order valence-corrected chi connectivity index (χ1v) is 6.09. The number of aromatic carboxylic acids is 1. The molecule has 0 radical (unpaired) electrons. The lowest BCUT2D eigenvalue weighted by molar-refractivity contribution is 0.0702. The molecule has 2 aromatic rings. The second-order valence-corrected chi connectivity index (χ2v) is 4.87. The molecule has 1 heterocycles. The Morgan fingerprint density at radius 2 is 1.67 bits per heavy atom. The normalized spacial score (nSPS) is 10.1.